The average Bonchev–Trinajstić information content (AvgIpc) is 2.94. The standard InChI is InChI=1S/C16H22ClN3O2.ClH/c1-20(16(22)14-7-2-4-11(14)9-18)10-15(21)19-13-6-3-5-12(17)8-13;/h3,5-6,8,11,14H,2,4,7,9-10,18H2,1H3,(H,19,21);1H/t11-,14-;/m1./s1. The molecule has 1 aliphatic rings. The first kappa shape index (κ1) is 19.7. The highest BCUT2D eigenvalue weighted by Gasteiger charge is 2.34. The molecule has 2 atom stereocenters. The van der Waals surface area contributed by atoms with E-state index in [0.717, 1.165) is 19.3 Å². The molecule has 0 heterocycles. The van der Waals surface area contributed by atoms with Crippen LogP contribution in [0, 0.1) is 11.8 Å². The van der Waals surface area contributed by atoms with Crippen LogP contribution in [0.15, 0.2) is 24.3 Å². The Labute approximate surface area is 148 Å². The van der Waals surface area contributed by atoms with E-state index in [1.54, 1.807) is 31.3 Å². The van der Waals surface area contributed by atoms with Gasteiger partial charge in [0, 0.05) is 23.7 Å². The fraction of sp³-hybridized carbons (Fsp3) is 0.500. The summed E-state index contributed by atoms with van der Waals surface area (Å²) in [5.41, 5.74) is 6.34. The SMILES string of the molecule is CN(CC(=O)Nc1cccc(Cl)c1)C(=O)[C@@H]1CCC[C@@H]1CN.Cl. The second-order valence-electron chi connectivity index (χ2n) is 5.79. The number of amides is 2. The molecule has 0 unspecified atom stereocenters. The average molecular weight is 360 g/mol. The smallest absolute Gasteiger partial charge is 0.243 e. The molecule has 1 aliphatic carbocycles. The zero-order chi connectivity index (χ0) is 16.1. The third-order valence-electron chi connectivity index (χ3n) is 4.14. The Bertz CT molecular complexity index is 554. The van der Waals surface area contributed by atoms with Gasteiger partial charge in [-0.1, -0.05) is 24.1 Å². The molecule has 0 spiro atoms. The van der Waals surface area contributed by atoms with Gasteiger partial charge in [-0.2, -0.15) is 0 Å². The highest BCUT2D eigenvalue weighted by molar-refractivity contribution is 6.30. The molecule has 5 nitrogen and oxygen atoms in total. The molecule has 2 amide bonds. The Kier molecular flexibility index (Phi) is 7.82. The third kappa shape index (κ3) is 5.37. The maximum atomic E-state index is 12.4. The summed E-state index contributed by atoms with van der Waals surface area (Å²) in [6, 6.07) is 6.92. The first-order valence-corrected chi connectivity index (χ1v) is 7.89. The van der Waals surface area contributed by atoms with E-state index in [1.807, 2.05) is 0 Å². The number of hydrogen-bond acceptors (Lipinski definition) is 3. The summed E-state index contributed by atoms with van der Waals surface area (Å²) in [4.78, 5) is 25.9. The Hall–Kier alpha value is -1.30. The fourth-order valence-corrected chi connectivity index (χ4v) is 3.18. The van der Waals surface area contributed by atoms with Crippen molar-refractivity contribution in [2.24, 2.45) is 17.6 Å². The Balaban J connectivity index is 0.00000264. The minimum atomic E-state index is -0.236. The maximum absolute atomic E-state index is 12.4. The van der Waals surface area contributed by atoms with E-state index in [2.05, 4.69) is 5.32 Å². The van der Waals surface area contributed by atoms with Crippen LogP contribution in [-0.2, 0) is 9.59 Å². The van der Waals surface area contributed by atoms with Gasteiger partial charge in [0.15, 0.2) is 0 Å². The molecule has 128 valence electrons. The lowest BCUT2D eigenvalue weighted by atomic mass is 9.95. The number of benzene rings is 1. The highest BCUT2D eigenvalue weighted by atomic mass is 35.5. The second kappa shape index (κ2) is 9.11. The predicted molar refractivity (Wildman–Crippen MR) is 94.9 cm³/mol. The van der Waals surface area contributed by atoms with Crippen molar-refractivity contribution in [3.05, 3.63) is 29.3 Å². The number of hydrogen-bond donors (Lipinski definition) is 2. The van der Waals surface area contributed by atoms with Gasteiger partial charge in [0.05, 0.1) is 6.54 Å². The normalized spacial score (nSPS) is 19.8. The van der Waals surface area contributed by atoms with Crippen LogP contribution in [0.2, 0.25) is 5.02 Å². The molecule has 0 saturated heterocycles. The predicted octanol–water partition coefficient (Wildman–Crippen LogP) is 2.53. The Morgan fingerprint density at radius 2 is 2.13 bits per heavy atom. The van der Waals surface area contributed by atoms with Crippen LogP contribution in [-0.4, -0.2) is 36.9 Å². The number of halogens is 2. The second-order valence-corrected chi connectivity index (χ2v) is 6.22. The van der Waals surface area contributed by atoms with Gasteiger partial charge in [0.2, 0.25) is 11.8 Å². The van der Waals surface area contributed by atoms with E-state index >= 15 is 0 Å². The topological polar surface area (TPSA) is 75.4 Å². The molecule has 0 bridgehead atoms. The zero-order valence-corrected chi connectivity index (χ0v) is 14.7. The lowest BCUT2D eigenvalue weighted by Crippen LogP contribution is -2.40. The number of nitrogens with zero attached hydrogens (tertiary/aromatic N) is 1. The third-order valence-corrected chi connectivity index (χ3v) is 4.38. The molecule has 7 heteroatoms. The van der Waals surface area contributed by atoms with Crippen LogP contribution in [0.5, 0.6) is 0 Å². The van der Waals surface area contributed by atoms with Crippen LogP contribution in [0.3, 0.4) is 0 Å². The summed E-state index contributed by atoms with van der Waals surface area (Å²) in [5, 5.41) is 3.30. The largest absolute Gasteiger partial charge is 0.336 e. The van der Waals surface area contributed by atoms with Crippen LogP contribution < -0.4 is 11.1 Å². The molecule has 1 saturated carbocycles. The quantitative estimate of drug-likeness (QED) is 0.847. The summed E-state index contributed by atoms with van der Waals surface area (Å²) in [7, 11) is 1.66. The van der Waals surface area contributed by atoms with Crippen molar-refractivity contribution in [3.8, 4) is 0 Å². The molecule has 23 heavy (non-hydrogen) atoms. The molecular weight excluding hydrogens is 337 g/mol. The summed E-state index contributed by atoms with van der Waals surface area (Å²) in [6.07, 6.45) is 2.89. The fourth-order valence-electron chi connectivity index (χ4n) is 2.99. The number of likely N-dealkylation sites (N-methyl/N-ethyl adjacent to an activating group) is 1. The Morgan fingerprint density at radius 1 is 1.39 bits per heavy atom. The number of rotatable bonds is 5. The van der Waals surface area contributed by atoms with Gasteiger partial charge in [-0.25, -0.2) is 0 Å². The monoisotopic (exact) mass is 359 g/mol. The van der Waals surface area contributed by atoms with Crippen molar-refractivity contribution in [2.75, 3.05) is 25.5 Å². The Morgan fingerprint density at radius 3 is 2.78 bits per heavy atom. The number of carbonyl (C=O) groups is 2. The maximum Gasteiger partial charge on any atom is 0.243 e. The molecule has 1 aromatic rings. The summed E-state index contributed by atoms with van der Waals surface area (Å²) >= 11 is 5.87. The molecule has 1 fully saturated rings. The van der Waals surface area contributed by atoms with E-state index in [9.17, 15) is 9.59 Å². The van der Waals surface area contributed by atoms with Gasteiger partial charge in [0.1, 0.15) is 0 Å². The zero-order valence-electron chi connectivity index (χ0n) is 13.1. The van der Waals surface area contributed by atoms with Crippen LogP contribution >= 0.6 is 24.0 Å². The first-order valence-electron chi connectivity index (χ1n) is 7.51. The summed E-state index contributed by atoms with van der Waals surface area (Å²) in [6.45, 7) is 0.554. The van der Waals surface area contributed by atoms with Crippen molar-refractivity contribution in [1.82, 2.24) is 4.90 Å². The van der Waals surface area contributed by atoms with Crippen molar-refractivity contribution in [2.45, 2.75) is 19.3 Å². The number of nitrogens with two attached hydrogens (primary N) is 1. The van der Waals surface area contributed by atoms with E-state index in [-0.39, 0.29) is 42.6 Å². The lowest BCUT2D eigenvalue weighted by molar-refractivity contribution is -0.137. The van der Waals surface area contributed by atoms with E-state index < -0.39 is 0 Å². The van der Waals surface area contributed by atoms with Crippen molar-refractivity contribution < 1.29 is 9.59 Å². The van der Waals surface area contributed by atoms with Gasteiger partial charge >= 0.3 is 0 Å². The first-order chi connectivity index (χ1) is 10.5. The van der Waals surface area contributed by atoms with Crippen LogP contribution in [0.1, 0.15) is 19.3 Å². The summed E-state index contributed by atoms with van der Waals surface area (Å²) in [5.74, 6) is -0.0329. The van der Waals surface area contributed by atoms with Gasteiger partial charge < -0.3 is 16.0 Å². The molecule has 3 N–H and O–H groups in total. The van der Waals surface area contributed by atoms with E-state index in [1.165, 1.54) is 4.90 Å². The van der Waals surface area contributed by atoms with E-state index in [4.69, 9.17) is 17.3 Å². The number of anilines is 1. The minimum Gasteiger partial charge on any atom is -0.336 e. The van der Waals surface area contributed by atoms with Crippen molar-refractivity contribution in [3.63, 3.8) is 0 Å². The molecule has 2 rings (SSSR count). The van der Waals surface area contributed by atoms with Gasteiger partial charge in [-0.3, -0.25) is 9.59 Å². The van der Waals surface area contributed by atoms with Crippen LogP contribution in [0.4, 0.5) is 5.69 Å². The number of nitrogens with one attached hydrogen (secondary N) is 1. The molecule has 0 aliphatic heterocycles. The molecular formula is C16H23Cl2N3O2. The highest BCUT2D eigenvalue weighted by Crippen LogP contribution is 2.32. The van der Waals surface area contributed by atoms with Crippen LogP contribution in [0.25, 0.3) is 0 Å². The lowest BCUT2D eigenvalue weighted by Gasteiger charge is -2.24. The van der Waals surface area contributed by atoms with E-state index in [0.29, 0.717) is 17.3 Å². The molecule has 0 aromatic heterocycles. The molecule has 0 radical (unpaired) electrons. The molecule has 1 aromatic carbocycles. The van der Waals surface area contributed by atoms with Crippen molar-refractivity contribution in [1.29, 1.82) is 0 Å². The van der Waals surface area contributed by atoms with Gasteiger partial charge in [-0.05, 0) is 43.5 Å². The summed E-state index contributed by atoms with van der Waals surface area (Å²) < 4.78 is 0. The number of carbonyl (C=O) groups excluding carboxylic acids is 2. The van der Waals surface area contributed by atoms with Gasteiger partial charge in [0.25, 0.3) is 0 Å². The van der Waals surface area contributed by atoms with Crippen molar-refractivity contribution >= 4 is 41.5 Å². The minimum absolute atomic E-state index is 0. The van der Waals surface area contributed by atoms with Gasteiger partial charge in [-0.15, -0.1) is 12.4 Å².